The number of rotatable bonds is 0. The van der Waals surface area contributed by atoms with Gasteiger partial charge in [0.05, 0.1) is 0 Å². The lowest BCUT2D eigenvalue weighted by molar-refractivity contribution is 0.768. The number of nitrogens with zero attached hydrogens (tertiary/aromatic N) is 2. The van der Waals surface area contributed by atoms with E-state index < -0.39 is 0 Å². The van der Waals surface area contributed by atoms with Crippen LogP contribution >= 0.6 is 0 Å². The molecule has 14 heavy (non-hydrogen) atoms. The van der Waals surface area contributed by atoms with Crippen LogP contribution in [0.15, 0.2) is 9.59 Å². The third-order valence-corrected chi connectivity index (χ3v) is 2.95. The molecule has 0 saturated heterocycles. The maximum Gasteiger partial charge on any atom is 0.277 e. The predicted molar refractivity (Wildman–Crippen MR) is 53.5 cm³/mol. The van der Waals surface area contributed by atoms with E-state index in [2.05, 4.69) is 0 Å². The number of fused-ring (bicyclic) bond motifs is 1. The number of aromatic nitrogens is 2. The lowest BCUT2D eigenvalue weighted by Crippen LogP contribution is -2.23. The molecule has 4 nitrogen and oxygen atoms in total. The lowest BCUT2D eigenvalue weighted by atomic mass is 10.2. The van der Waals surface area contributed by atoms with Gasteiger partial charge < -0.3 is 0 Å². The minimum absolute atomic E-state index is 0.205. The SMILES string of the molecule is Cc1c(C)n2c(C)c(C)c(=O)n2c1=O. The minimum atomic E-state index is -0.205. The molecule has 0 spiro atoms. The van der Waals surface area contributed by atoms with Crippen LogP contribution in [0.5, 0.6) is 0 Å². The fourth-order valence-electron chi connectivity index (χ4n) is 1.77. The Hall–Kier alpha value is -1.58. The van der Waals surface area contributed by atoms with Crippen LogP contribution in [0.4, 0.5) is 0 Å². The van der Waals surface area contributed by atoms with Crippen LogP contribution in [0.2, 0.25) is 0 Å². The zero-order valence-corrected chi connectivity index (χ0v) is 8.71. The van der Waals surface area contributed by atoms with E-state index in [4.69, 9.17) is 0 Å². The van der Waals surface area contributed by atoms with Gasteiger partial charge in [0.25, 0.3) is 11.1 Å². The molecule has 0 aliphatic heterocycles. The summed E-state index contributed by atoms with van der Waals surface area (Å²) in [6, 6.07) is 0. The molecule has 4 heteroatoms. The van der Waals surface area contributed by atoms with E-state index in [0.29, 0.717) is 11.1 Å². The molecule has 0 bridgehead atoms. The summed E-state index contributed by atoms with van der Waals surface area (Å²) in [7, 11) is 0. The molecule has 0 aromatic carbocycles. The molecule has 0 aliphatic carbocycles. The zero-order valence-electron chi connectivity index (χ0n) is 8.71. The van der Waals surface area contributed by atoms with Gasteiger partial charge in [-0.15, -0.1) is 0 Å². The Balaban J connectivity index is 3.25. The summed E-state index contributed by atoms with van der Waals surface area (Å²) < 4.78 is 2.89. The Bertz CT molecular complexity index is 568. The molecule has 0 fully saturated rings. The molecular formula is C10H12N2O2. The van der Waals surface area contributed by atoms with Crippen molar-refractivity contribution in [3.63, 3.8) is 0 Å². The van der Waals surface area contributed by atoms with Crippen LogP contribution in [0, 0.1) is 27.7 Å². The first-order valence-electron chi connectivity index (χ1n) is 4.50. The summed E-state index contributed by atoms with van der Waals surface area (Å²) in [4.78, 5) is 23.4. The molecule has 2 heterocycles. The van der Waals surface area contributed by atoms with Crippen molar-refractivity contribution in [3.05, 3.63) is 43.2 Å². The van der Waals surface area contributed by atoms with E-state index in [9.17, 15) is 9.59 Å². The second kappa shape index (κ2) is 2.47. The smallest absolute Gasteiger partial charge is 0.267 e. The van der Waals surface area contributed by atoms with E-state index in [1.54, 1.807) is 18.4 Å². The molecule has 74 valence electrons. The molecule has 2 rings (SSSR count). The van der Waals surface area contributed by atoms with Gasteiger partial charge in [-0.2, -0.15) is 4.52 Å². The molecule has 0 saturated carbocycles. The third kappa shape index (κ3) is 0.780. The average molecular weight is 192 g/mol. The van der Waals surface area contributed by atoms with Crippen molar-refractivity contribution < 1.29 is 0 Å². The summed E-state index contributed by atoms with van der Waals surface area (Å²) in [5, 5.41) is 0. The molecule has 2 aromatic rings. The monoisotopic (exact) mass is 192 g/mol. The molecule has 2 aromatic heterocycles. The second-order valence-corrected chi connectivity index (χ2v) is 3.65. The largest absolute Gasteiger partial charge is 0.277 e. The van der Waals surface area contributed by atoms with Gasteiger partial charge in [-0.05, 0) is 27.7 Å². The highest BCUT2D eigenvalue weighted by molar-refractivity contribution is 5.25. The number of hydrogen-bond acceptors (Lipinski definition) is 2. The van der Waals surface area contributed by atoms with Gasteiger partial charge in [-0.3, -0.25) is 14.1 Å². The maximum absolute atomic E-state index is 11.7. The summed E-state index contributed by atoms with van der Waals surface area (Å²) in [5.74, 6) is 0. The van der Waals surface area contributed by atoms with Crippen LogP contribution in [-0.2, 0) is 0 Å². The van der Waals surface area contributed by atoms with Crippen LogP contribution in [0.1, 0.15) is 22.5 Å². The predicted octanol–water partition coefficient (Wildman–Crippen LogP) is 0.431. The molecular weight excluding hydrogens is 180 g/mol. The third-order valence-electron chi connectivity index (χ3n) is 2.95. The molecule has 0 aliphatic rings. The Morgan fingerprint density at radius 1 is 0.714 bits per heavy atom. The number of aryl methyl sites for hydroxylation is 2. The van der Waals surface area contributed by atoms with Gasteiger partial charge >= 0.3 is 0 Å². The summed E-state index contributed by atoms with van der Waals surface area (Å²) in [6.07, 6.45) is 0. The van der Waals surface area contributed by atoms with Crippen molar-refractivity contribution in [2.45, 2.75) is 27.7 Å². The van der Waals surface area contributed by atoms with E-state index in [0.717, 1.165) is 11.4 Å². The van der Waals surface area contributed by atoms with Crippen LogP contribution in [0.3, 0.4) is 0 Å². The van der Waals surface area contributed by atoms with Crippen molar-refractivity contribution in [2.24, 2.45) is 0 Å². The molecule has 0 N–H and O–H groups in total. The first-order valence-corrected chi connectivity index (χ1v) is 4.50. The van der Waals surface area contributed by atoms with Crippen LogP contribution < -0.4 is 11.1 Å². The fraction of sp³-hybridized carbons (Fsp3) is 0.400. The minimum Gasteiger partial charge on any atom is -0.267 e. The van der Waals surface area contributed by atoms with Gasteiger partial charge in [0.15, 0.2) is 0 Å². The van der Waals surface area contributed by atoms with Crippen molar-refractivity contribution in [3.8, 4) is 0 Å². The van der Waals surface area contributed by atoms with Crippen LogP contribution in [-0.4, -0.2) is 9.03 Å². The molecule has 0 radical (unpaired) electrons. The standard InChI is InChI=1S/C10H12N2O2/c1-5-7(3)11-8(4)6(2)10(14)12(11)9(5)13/h1-4H3. The topological polar surface area (TPSA) is 43.0 Å². The van der Waals surface area contributed by atoms with Gasteiger partial charge in [-0.25, -0.2) is 0 Å². The van der Waals surface area contributed by atoms with Gasteiger partial charge in [0, 0.05) is 22.5 Å². The van der Waals surface area contributed by atoms with Crippen molar-refractivity contribution in [1.82, 2.24) is 9.03 Å². The average Bonchev–Trinajstić information content (AvgIpc) is 2.51. The Morgan fingerprint density at radius 3 is 1.36 bits per heavy atom. The Kier molecular flexibility index (Phi) is 1.58. The zero-order chi connectivity index (χ0) is 10.6. The Labute approximate surface area is 80.7 Å². The molecule has 0 atom stereocenters. The van der Waals surface area contributed by atoms with E-state index in [-0.39, 0.29) is 11.1 Å². The Morgan fingerprint density at radius 2 is 1.07 bits per heavy atom. The highest BCUT2D eigenvalue weighted by Crippen LogP contribution is 2.07. The highest BCUT2D eigenvalue weighted by atomic mass is 16.2. The summed E-state index contributed by atoms with van der Waals surface area (Å²) in [5.41, 5.74) is 2.57. The summed E-state index contributed by atoms with van der Waals surface area (Å²) in [6.45, 7) is 7.18. The van der Waals surface area contributed by atoms with Gasteiger partial charge in [-0.1, -0.05) is 0 Å². The molecule has 0 amide bonds. The maximum atomic E-state index is 11.7. The van der Waals surface area contributed by atoms with E-state index in [1.165, 1.54) is 4.52 Å². The normalized spacial score (nSPS) is 11.4. The summed E-state index contributed by atoms with van der Waals surface area (Å²) >= 11 is 0. The quantitative estimate of drug-likeness (QED) is 0.607. The van der Waals surface area contributed by atoms with Crippen molar-refractivity contribution in [2.75, 3.05) is 0 Å². The van der Waals surface area contributed by atoms with Crippen molar-refractivity contribution in [1.29, 1.82) is 0 Å². The second-order valence-electron chi connectivity index (χ2n) is 3.65. The first kappa shape index (κ1) is 8.99. The molecule has 0 unspecified atom stereocenters. The van der Waals surface area contributed by atoms with E-state index >= 15 is 0 Å². The first-order chi connectivity index (χ1) is 6.46. The van der Waals surface area contributed by atoms with Gasteiger partial charge in [0.1, 0.15) is 0 Å². The van der Waals surface area contributed by atoms with Crippen molar-refractivity contribution >= 4 is 0 Å². The highest BCUT2D eigenvalue weighted by Gasteiger charge is 2.16. The fourth-order valence-corrected chi connectivity index (χ4v) is 1.77. The van der Waals surface area contributed by atoms with Crippen LogP contribution in [0.25, 0.3) is 0 Å². The van der Waals surface area contributed by atoms with E-state index in [1.807, 2.05) is 13.8 Å². The van der Waals surface area contributed by atoms with Gasteiger partial charge in [0.2, 0.25) is 0 Å². The lowest BCUT2D eigenvalue weighted by Gasteiger charge is -1.94. The number of hydrogen-bond donors (Lipinski definition) is 0.